The highest BCUT2D eigenvalue weighted by atomic mass is 14.3. The minimum absolute atomic E-state index is 0.0253. The molecule has 0 bridgehead atoms. The van der Waals surface area contributed by atoms with Crippen LogP contribution in [0.4, 0.5) is 0 Å². The summed E-state index contributed by atoms with van der Waals surface area (Å²) >= 11 is 0. The highest BCUT2D eigenvalue weighted by Gasteiger charge is 2.04. The number of benzene rings is 2. The van der Waals surface area contributed by atoms with Crippen molar-refractivity contribution in [3.8, 4) is 12.1 Å². The molecule has 0 spiro atoms. The highest BCUT2D eigenvalue weighted by Crippen LogP contribution is 2.22. The maximum Gasteiger partial charge on any atom is 0.172 e. The fraction of sp³-hybridized carbons (Fsp3) is 0. The van der Waals surface area contributed by atoms with Crippen LogP contribution in [0, 0.1) is 22.7 Å². The molecular formula is C17H10N2. The SMILES string of the molecule is N#CC(=C=C(c1ccccc1)c1ccccc1)C#N. The summed E-state index contributed by atoms with van der Waals surface area (Å²) in [6.07, 6.45) is 0. The number of allylic oxidation sites excluding steroid dienone is 1. The van der Waals surface area contributed by atoms with E-state index in [0.717, 1.165) is 16.7 Å². The fourth-order valence-corrected chi connectivity index (χ4v) is 1.73. The molecular weight excluding hydrogens is 232 g/mol. The minimum atomic E-state index is -0.0253. The summed E-state index contributed by atoms with van der Waals surface area (Å²) in [6, 6.07) is 22.9. The van der Waals surface area contributed by atoms with E-state index in [-0.39, 0.29) is 5.57 Å². The van der Waals surface area contributed by atoms with Crippen LogP contribution in [0.25, 0.3) is 5.57 Å². The van der Waals surface area contributed by atoms with E-state index in [2.05, 4.69) is 5.73 Å². The molecule has 0 aliphatic carbocycles. The first-order chi connectivity index (χ1) is 9.35. The van der Waals surface area contributed by atoms with Gasteiger partial charge in [0.05, 0.1) is 0 Å². The summed E-state index contributed by atoms with van der Waals surface area (Å²) in [5, 5.41) is 17.8. The molecule has 2 nitrogen and oxygen atoms in total. The lowest BCUT2D eigenvalue weighted by Crippen LogP contribution is -1.86. The monoisotopic (exact) mass is 242 g/mol. The van der Waals surface area contributed by atoms with Crippen LogP contribution in [0.5, 0.6) is 0 Å². The molecule has 0 atom stereocenters. The summed E-state index contributed by atoms with van der Waals surface area (Å²) in [5.74, 6) is 0. The molecule has 19 heavy (non-hydrogen) atoms. The van der Waals surface area contributed by atoms with Gasteiger partial charge in [-0.05, 0) is 11.1 Å². The van der Waals surface area contributed by atoms with Gasteiger partial charge in [-0.1, -0.05) is 66.4 Å². The molecule has 2 heteroatoms. The maximum absolute atomic E-state index is 8.88. The van der Waals surface area contributed by atoms with Crippen LogP contribution in [0.3, 0.4) is 0 Å². The van der Waals surface area contributed by atoms with Crippen LogP contribution in [0.15, 0.2) is 72.0 Å². The molecule has 0 aliphatic rings. The van der Waals surface area contributed by atoms with Crippen molar-refractivity contribution in [2.24, 2.45) is 0 Å². The topological polar surface area (TPSA) is 47.6 Å². The van der Waals surface area contributed by atoms with Crippen LogP contribution in [-0.4, -0.2) is 0 Å². The Balaban J connectivity index is 2.71. The van der Waals surface area contributed by atoms with Gasteiger partial charge >= 0.3 is 0 Å². The second kappa shape index (κ2) is 6.03. The lowest BCUT2D eigenvalue weighted by Gasteiger charge is -2.04. The maximum atomic E-state index is 8.88. The molecule has 2 rings (SSSR count). The van der Waals surface area contributed by atoms with Crippen molar-refractivity contribution >= 4 is 5.57 Å². The second-order valence-electron chi connectivity index (χ2n) is 3.83. The Hall–Kier alpha value is -3.06. The second-order valence-corrected chi connectivity index (χ2v) is 3.83. The van der Waals surface area contributed by atoms with Crippen molar-refractivity contribution in [1.82, 2.24) is 0 Å². The number of rotatable bonds is 2. The van der Waals surface area contributed by atoms with Crippen LogP contribution in [0.2, 0.25) is 0 Å². The molecule has 0 aliphatic heterocycles. The fourth-order valence-electron chi connectivity index (χ4n) is 1.73. The molecule has 0 N–H and O–H groups in total. The first-order valence-electron chi connectivity index (χ1n) is 5.77. The average Bonchev–Trinajstić information content (AvgIpc) is 2.50. The van der Waals surface area contributed by atoms with Gasteiger partial charge in [-0.15, -0.1) is 0 Å². The Bertz CT molecular complexity index is 650. The Morgan fingerprint density at radius 2 is 1.11 bits per heavy atom. The van der Waals surface area contributed by atoms with E-state index in [1.165, 1.54) is 0 Å². The van der Waals surface area contributed by atoms with Crippen molar-refractivity contribution in [1.29, 1.82) is 10.5 Å². The lowest BCUT2D eigenvalue weighted by molar-refractivity contribution is 1.46. The van der Waals surface area contributed by atoms with Crippen molar-refractivity contribution in [3.63, 3.8) is 0 Å². The lowest BCUT2D eigenvalue weighted by atomic mass is 9.98. The Morgan fingerprint density at radius 1 is 0.684 bits per heavy atom. The summed E-state index contributed by atoms with van der Waals surface area (Å²) in [6.45, 7) is 0. The predicted octanol–water partition coefficient (Wildman–Crippen LogP) is 3.69. The molecule has 0 radical (unpaired) electrons. The highest BCUT2D eigenvalue weighted by molar-refractivity contribution is 5.80. The van der Waals surface area contributed by atoms with Gasteiger partial charge in [-0.3, -0.25) is 0 Å². The van der Waals surface area contributed by atoms with E-state index in [1.54, 1.807) is 0 Å². The zero-order chi connectivity index (χ0) is 13.5. The van der Waals surface area contributed by atoms with Gasteiger partial charge in [0.2, 0.25) is 0 Å². The van der Waals surface area contributed by atoms with Gasteiger partial charge in [0.1, 0.15) is 12.1 Å². The number of hydrogen-bond donors (Lipinski definition) is 0. The zero-order valence-corrected chi connectivity index (χ0v) is 10.2. The molecule has 0 heterocycles. The van der Waals surface area contributed by atoms with Crippen LogP contribution >= 0.6 is 0 Å². The Labute approximate surface area is 112 Å². The van der Waals surface area contributed by atoms with Gasteiger partial charge < -0.3 is 0 Å². The van der Waals surface area contributed by atoms with Gasteiger partial charge in [0, 0.05) is 5.57 Å². The number of hydrogen-bond acceptors (Lipinski definition) is 2. The van der Waals surface area contributed by atoms with Gasteiger partial charge in [0.15, 0.2) is 5.57 Å². The third kappa shape index (κ3) is 2.99. The minimum Gasteiger partial charge on any atom is -0.191 e. The van der Waals surface area contributed by atoms with Crippen LogP contribution < -0.4 is 0 Å². The third-order valence-electron chi connectivity index (χ3n) is 2.60. The first-order valence-corrected chi connectivity index (χ1v) is 5.77. The normalized spacial score (nSPS) is 8.74. The Morgan fingerprint density at radius 3 is 1.47 bits per heavy atom. The van der Waals surface area contributed by atoms with Crippen LogP contribution in [0.1, 0.15) is 11.1 Å². The summed E-state index contributed by atoms with van der Waals surface area (Å²) in [5.41, 5.74) is 5.48. The molecule has 0 amide bonds. The van der Waals surface area contributed by atoms with Crippen molar-refractivity contribution < 1.29 is 0 Å². The van der Waals surface area contributed by atoms with Crippen LogP contribution in [-0.2, 0) is 0 Å². The molecule has 0 aromatic heterocycles. The largest absolute Gasteiger partial charge is 0.191 e. The summed E-state index contributed by atoms with van der Waals surface area (Å²) in [4.78, 5) is 0. The van der Waals surface area contributed by atoms with Gasteiger partial charge in [-0.25, -0.2) is 0 Å². The van der Waals surface area contributed by atoms with Crippen molar-refractivity contribution in [3.05, 3.63) is 83.1 Å². The quantitative estimate of drug-likeness (QED) is 0.595. The number of nitrogens with zero attached hydrogens (tertiary/aromatic N) is 2. The van der Waals surface area contributed by atoms with E-state index < -0.39 is 0 Å². The predicted molar refractivity (Wildman–Crippen MR) is 73.6 cm³/mol. The Kier molecular flexibility index (Phi) is 3.94. The molecule has 88 valence electrons. The standard InChI is InChI=1S/C17H10N2/c18-12-14(13-19)11-17(15-7-3-1-4-8-15)16-9-5-2-6-10-16/h1-10H. The summed E-state index contributed by atoms with van der Waals surface area (Å²) in [7, 11) is 0. The summed E-state index contributed by atoms with van der Waals surface area (Å²) < 4.78 is 0. The van der Waals surface area contributed by atoms with E-state index in [0.29, 0.717) is 0 Å². The third-order valence-corrected chi connectivity index (χ3v) is 2.60. The van der Waals surface area contributed by atoms with E-state index >= 15 is 0 Å². The molecule has 0 saturated heterocycles. The molecule has 0 saturated carbocycles. The molecule has 2 aromatic rings. The molecule has 0 fully saturated rings. The van der Waals surface area contributed by atoms with Crippen molar-refractivity contribution in [2.45, 2.75) is 0 Å². The van der Waals surface area contributed by atoms with E-state index in [1.807, 2.05) is 72.8 Å². The molecule has 0 unspecified atom stereocenters. The van der Waals surface area contributed by atoms with Crippen molar-refractivity contribution in [2.75, 3.05) is 0 Å². The van der Waals surface area contributed by atoms with Gasteiger partial charge in [-0.2, -0.15) is 10.5 Å². The van der Waals surface area contributed by atoms with Gasteiger partial charge in [0.25, 0.3) is 0 Å². The average molecular weight is 242 g/mol. The smallest absolute Gasteiger partial charge is 0.172 e. The number of nitriles is 2. The first kappa shape index (κ1) is 12.4. The van der Waals surface area contributed by atoms with E-state index in [9.17, 15) is 0 Å². The zero-order valence-electron chi connectivity index (χ0n) is 10.2. The molecule has 2 aromatic carbocycles. The van der Waals surface area contributed by atoms with E-state index in [4.69, 9.17) is 10.5 Å².